The average Bonchev–Trinajstić information content (AvgIpc) is 3.57. The van der Waals surface area contributed by atoms with Crippen molar-refractivity contribution in [1.82, 2.24) is 24.6 Å². The molecule has 2 aromatic carbocycles. The van der Waals surface area contributed by atoms with Gasteiger partial charge in [0.1, 0.15) is 17.4 Å². The standard InChI is InChI=1S/C24H19N5O2/c30-24(17-13-27-29(14-17)18-7-2-1-3-8-18)28-11-10-19-22(26-15-25-19)23(28)21-12-16-6-4-5-9-20(16)31-21/h1-9,12-15,23H,10-11H2,(H,25,26)/t23-/m1/s1. The predicted molar refractivity (Wildman–Crippen MR) is 115 cm³/mol. The minimum atomic E-state index is -0.394. The van der Waals surface area contributed by atoms with Crippen LogP contribution in [0.1, 0.15) is 33.5 Å². The van der Waals surface area contributed by atoms with E-state index in [2.05, 4.69) is 15.1 Å². The van der Waals surface area contributed by atoms with Crippen molar-refractivity contribution in [3.05, 3.63) is 102 Å². The number of hydrogen-bond donors (Lipinski definition) is 1. The number of carbonyl (C=O) groups excluding carboxylic acids is 1. The number of imidazole rings is 1. The van der Waals surface area contributed by atoms with Crippen LogP contribution in [0.5, 0.6) is 0 Å². The molecule has 152 valence electrons. The number of nitrogens with zero attached hydrogens (tertiary/aromatic N) is 4. The van der Waals surface area contributed by atoms with Gasteiger partial charge in [-0.05, 0) is 24.3 Å². The summed E-state index contributed by atoms with van der Waals surface area (Å²) >= 11 is 0. The van der Waals surface area contributed by atoms with E-state index in [4.69, 9.17) is 4.42 Å². The van der Waals surface area contributed by atoms with Gasteiger partial charge in [-0.3, -0.25) is 4.79 Å². The molecule has 6 rings (SSSR count). The minimum Gasteiger partial charge on any atom is -0.458 e. The third kappa shape index (κ3) is 2.93. The van der Waals surface area contributed by atoms with E-state index < -0.39 is 6.04 Å². The normalized spacial score (nSPS) is 15.9. The lowest BCUT2D eigenvalue weighted by Crippen LogP contribution is -2.40. The molecule has 3 aromatic heterocycles. The molecule has 1 aliphatic rings. The second kappa shape index (κ2) is 6.98. The first-order chi connectivity index (χ1) is 15.3. The zero-order valence-electron chi connectivity index (χ0n) is 16.6. The van der Waals surface area contributed by atoms with Gasteiger partial charge in [-0.15, -0.1) is 0 Å². The summed E-state index contributed by atoms with van der Waals surface area (Å²) in [7, 11) is 0. The highest BCUT2D eigenvalue weighted by atomic mass is 16.3. The lowest BCUT2D eigenvalue weighted by molar-refractivity contribution is 0.0673. The molecule has 0 saturated carbocycles. The number of amides is 1. The molecule has 1 atom stereocenters. The highest BCUT2D eigenvalue weighted by Gasteiger charge is 2.37. The number of aromatic nitrogens is 4. The first-order valence-electron chi connectivity index (χ1n) is 10.2. The van der Waals surface area contributed by atoms with E-state index in [9.17, 15) is 4.79 Å². The van der Waals surface area contributed by atoms with Crippen LogP contribution in [0.3, 0.4) is 0 Å². The van der Waals surface area contributed by atoms with Crippen molar-refractivity contribution in [3.63, 3.8) is 0 Å². The Balaban J connectivity index is 1.40. The Morgan fingerprint density at radius 3 is 2.81 bits per heavy atom. The zero-order chi connectivity index (χ0) is 20.8. The fourth-order valence-corrected chi connectivity index (χ4v) is 4.24. The molecule has 1 aliphatic heterocycles. The molecule has 7 heteroatoms. The number of carbonyl (C=O) groups is 1. The molecule has 0 spiro atoms. The van der Waals surface area contributed by atoms with Crippen molar-refractivity contribution < 1.29 is 9.21 Å². The smallest absolute Gasteiger partial charge is 0.258 e. The van der Waals surface area contributed by atoms with Crippen LogP contribution in [-0.2, 0) is 6.42 Å². The van der Waals surface area contributed by atoms with Crippen molar-refractivity contribution in [3.8, 4) is 5.69 Å². The summed E-state index contributed by atoms with van der Waals surface area (Å²) in [5.74, 6) is 0.610. The molecule has 0 bridgehead atoms. The molecule has 1 amide bonds. The van der Waals surface area contributed by atoms with E-state index in [0.717, 1.165) is 28.0 Å². The number of furan rings is 1. The topological polar surface area (TPSA) is 80.0 Å². The maximum Gasteiger partial charge on any atom is 0.258 e. The molecule has 7 nitrogen and oxygen atoms in total. The van der Waals surface area contributed by atoms with Gasteiger partial charge in [-0.25, -0.2) is 9.67 Å². The van der Waals surface area contributed by atoms with Gasteiger partial charge in [0.25, 0.3) is 5.91 Å². The van der Waals surface area contributed by atoms with Crippen LogP contribution < -0.4 is 0 Å². The Kier molecular flexibility index (Phi) is 3.99. The molecule has 5 aromatic rings. The molecule has 0 unspecified atom stereocenters. The molecular formula is C24H19N5O2. The second-order valence-electron chi connectivity index (χ2n) is 7.61. The quantitative estimate of drug-likeness (QED) is 0.486. The van der Waals surface area contributed by atoms with E-state index in [-0.39, 0.29) is 5.91 Å². The Morgan fingerprint density at radius 1 is 1.10 bits per heavy atom. The molecule has 4 heterocycles. The van der Waals surface area contributed by atoms with E-state index >= 15 is 0 Å². The summed E-state index contributed by atoms with van der Waals surface area (Å²) in [5, 5.41) is 5.40. The third-order valence-electron chi connectivity index (χ3n) is 5.75. The van der Waals surface area contributed by atoms with E-state index in [1.807, 2.05) is 65.6 Å². The lowest BCUT2D eigenvalue weighted by Gasteiger charge is -2.33. The molecule has 0 saturated heterocycles. The van der Waals surface area contributed by atoms with Crippen molar-refractivity contribution in [2.24, 2.45) is 0 Å². The first-order valence-corrected chi connectivity index (χ1v) is 10.2. The summed E-state index contributed by atoms with van der Waals surface area (Å²) < 4.78 is 7.87. The highest BCUT2D eigenvalue weighted by molar-refractivity contribution is 5.94. The number of fused-ring (bicyclic) bond motifs is 2. The lowest BCUT2D eigenvalue weighted by atomic mass is 9.99. The van der Waals surface area contributed by atoms with Crippen LogP contribution in [-0.4, -0.2) is 37.1 Å². The zero-order valence-corrected chi connectivity index (χ0v) is 16.6. The van der Waals surface area contributed by atoms with Crippen LogP contribution in [0, 0.1) is 0 Å². The van der Waals surface area contributed by atoms with Gasteiger partial charge in [-0.1, -0.05) is 36.4 Å². The Labute approximate surface area is 177 Å². The highest BCUT2D eigenvalue weighted by Crippen LogP contribution is 2.37. The van der Waals surface area contributed by atoms with Crippen molar-refractivity contribution in [2.45, 2.75) is 12.5 Å². The summed E-state index contributed by atoms with van der Waals surface area (Å²) in [4.78, 5) is 23.1. The van der Waals surface area contributed by atoms with E-state index in [1.165, 1.54) is 0 Å². The maximum atomic E-state index is 13.6. The summed E-state index contributed by atoms with van der Waals surface area (Å²) in [6.45, 7) is 0.562. The van der Waals surface area contributed by atoms with Gasteiger partial charge in [-0.2, -0.15) is 5.10 Å². The van der Waals surface area contributed by atoms with Crippen LogP contribution in [0.15, 0.2) is 83.8 Å². The molecule has 0 fully saturated rings. The number of rotatable bonds is 3. The van der Waals surface area contributed by atoms with Crippen molar-refractivity contribution >= 4 is 16.9 Å². The van der Waals surface area contributed by atoms with Gasteiger partial charge < -0.3 is 14.3 Å². The number of para-hydroxylation sites is 2. The molecule has 1 N–H and O–H groups in total. The van der Waals surface area contributed by atoms with Crippen molar-refractivity contribution in [2.75, 3.05) is 6.54 Å². The molecule has 0 aliphatic carbocycles. The molecular weight excluding hydrogens is 390 g/mol. The van der Waals surface area contributed by atoms with Gasteiger partial charge in [0.05, 0.1) is 29.5 Å². The fourth-order valence-electron chi connectivity index (χ4n) is 4.24. The van der Waals surface area contributed by atoms with Gasteiger partial charge in [0, 0.05) is 30.2 Å². The minimum absolute atomic E-state index is 0.0960. The number of H-pyrrole nitrogens is 1. The van der Waals surface area contributed by atoms with Gasteiger partial charge in [0.2, 0.25) is 0 Å². The van der Waals surface area contributed by atoms with Crippen LogP contribution in [0.2, 0.25) is 0 Å². The summed E-state index contributed by atoms with van der Waals surface area (Å²) in [6, 6.07) is 19.2. The number of hydrogen-bond acceptors (Lipinski definition) is 4. The summed E-state index contributed by atoms with van der Waals surface area (Å²) in [5.41, 5.74) is 4.10. The van der Waals surface area contributed by atoms with Crippen LogP contribution in [0.25, 0.3) is 16.7 Å². The van der Waals surface area contributed by atoms with Crippen LogP contribution in [0.4, 0.5) is 0 Å². The SMILES string of the molecule is O=C(c1cnn(-c2ccccc2)c1)N1CCc2[nH]cnc2[C@H]1c1cc2ccccc2o1. The Morgan fingerprint density at radius 2 is 1.94 bits per heavy atom. The number of benzene rings is 2. The predicted octanol–water partition coefficient (Wildman–Crippen LogP) is 4.13. The Bertz CT molecular complexity index is 1350. The van der Waals surface area contributed by atoms with E-state index in [1.54, 1.807) is 23.4 Å². The third-order valence-corrected chi connectivity index (χ3v) is 5.75. The first kappa shape index (κ1) is 17.7. The maximum absolute atomic E-state index is 13.6. The monoisotopic (exact) mass is 409 g/mol. The second-order valence-corrected chi connectivity index (χ2v) is 7.61. The average molecular weight is 409 g/mol. The van der Waals surface area contributed by atoms with Crippen molar-refractivity contribution in [1.29, 1.82) is 0 Å². The fraction of sp³-hybridized carbons (Fsp3) is 0.125. The molecule has 31 heavy (non-hydrogen) atoms. The van der Waals surface area contributed by atoms with Gasteiger partial charge in [0.15, 0.2) is 0 Å². The largest absolute Gasteiger partial charge is 0.458 e. The number of nitrogens with one attached hydrogen (secondary N) is 1. The molecule has 0 radical (unpaired) electrons. The Hall–Kier alpha value is -4.13. The van der Waals surface area contributed by atoms with Gasteiger partial charge >= 0.3 is 0 Å². The van der Waals surface area contributed by atoms with E-state index in [0.29, 0.717) is 24.3 Å². The summed E-state index contributed by atoms with van der Waals surface area (Å²) in [6.07, 6.45) is 5.78. The number of aromatic amines is 1. The van der Waals surface area contributed by atoms with Crippen LogP contribution >= 0.6 is 0 Å².